The molecule has 23 heavy (non-hydrogen) atoms. The van der Waals surface area contributed by atoms with Gasteiger partial charge < -0.3 is 15.5 Å². The van der Waals surface area contributed by atoms with Crippen molar-refractivity contribution in [2.75, 3.05) is 38.0 Å². The number of hydrogen-bond acceptors (Lipinski definition) is 5. The van der Waals surface area contributed by atoms with Crippen molar-refractivity contribution >= 4 is 36.2 Å². The summed E-state index contributed by atoms with van der Waals surface area (Å²) in [5.74, 6) is 0.842. The van der Waals surface area contributed by atoms with Crippen LogP contribution in [-0.2, 0) is 0 Å². The third kappa shape index (κ3) is 5.21. The third-order valence-corrected chi connectivity index (χ3v) is 4.59. The number of piperidine rings is 3. The van der Waals surface area contributed by atoms with Gasteiger partial charge in [-0.05, 0) is 44.0 Å². The first kappa shape index (κ1) is 20.0. The Morgan fingerprint density at radius 3 is 2.30 bits per heavy atom. The smallest absolute Gasteiger partial charge is 0.269 e. The Kier molecular flexibility index (Phi) is 8.05. The van der Waals surface area contributed by atoms with Crippen LogP contribution in [0.25, 0.3) is 0 Å². The molecule has 2 bridgehead atoms. The highest BCUT2D eigenvalue weighted by Gasteiger charge is 2.33. The van der Waals surface area contributed by atoms with Crippen molar-refractivity contribution in [1.29, 1.82) is 0 Å². The summed E-state index contributed by atoms with van der Waals surface area (Å²) in [6.07, 6.45) is 2.65. The van der Waals surface area contributed by atoms with Crippen LogP contribution in [0.2, 0.25) is 0 Å². The van der Waals surface area contributed by atoms with Gasteiger partial charge in [-0.15, -0.1) is 24.8 Å². The second kappa shape index (κ2) is 9.27. The van der Waals surface area contributed by atoms with E-state index < -0.39 is 0 Å². The van der Waals surface area contributed by atoms with Crippen LogP contribution in [0, 0.1) is 16.0 Å². The van der Waals surface area contributed by atoms with Gasteiger partial charge in [-0.25, -0.2) is 0 Å². The highest BCUT2D eigenvalue weighted by molar-refractivity contribution is 5.85. The molecule has 1 aromatic carbocycles. The molecule has 3 fully saturated rings. The monoisotopic (exact) mass is 362 g/mol. The van der Waals surface area contributed by atoms with Gasteiger partial charge in [-0.3, -0.25) is 10.1 Å². The molecule has 0 aliphatic carbocycles. The van der Waals surface area contributed by atoms with Crippen LogP contribution in [-0.4, -0.2) is 48.6 Å². The van der Waals surface area contributed by atoms with E-state index in [1.165, 1.54) is 44.6 Å². The van der Waals surface area contributed by atoms with Gasteiger partial charge in [0.2, 0.25) is 0 Å². The van der Waals surface area contributed by atoms with Gasteiger partial charge in [-0.1, -0.05) is 0 Å². The predicted octanol–water partition coefficient (Wildman–Crippen LogP) is 2.53. The molecule has 1 unspecified atom stereocenters. The lowest BCUT2D eigenvalue weighted by molar-refractivity contribution is -0.384. The van der Waals surface area contributed by atoms with E-state index in [9.17, 15) is 10.1 Å². The van der Waals surface area contributed by atoms with Gasteiger partial charge in [0, 0.05) is 43.5 Å². The molecule has 1 atom stereocenters. The maximum Gasteiger partial charge on any atom is 0.269 e. The number of non-ortho nitro benzene ring substituents is 1. The molecule has 0 saturated carbocycles. The predicted molar refractivity (Wildman–Crippen MR) is 97.0 cm³/mol. The first-order valence-electron chi connectivity index (χ1n) is 7.66. The third-order valence-electron chi connectivity index (χ3n) is 4.59. The van der Waals surface area contributed by atoms with Crippen LogP contribution in [0.5, 0.6) is 0 Å². The summed E-state index contributed by atoms with van der Waals surface area (Å²) in [6.45, 7) is 5.48. The van der Waals surface area contributed by atoms with Crippen LogP contribution in [0.4, 0.5) is 11.4 Å². The zero-order chi connectivity index (χ0) is 14.7. The molecule has 3 aliphatic heterocycles. The van der Waals surface area contributed by atoms with Crippen molar-refractivity contribution in [3.63, 3.8) is 0 Å². The van der Waals surface area contributed by atoms with E-state index in [0.29, 0.717) is 6.04 Å². The van der Waals surface area contributed by atoms with E-state index in [1.807, 2.05) is 0 Å². The molecule has 0 radical (unpaired) electrons. The number of fused-ring (bicyclic) bond motifs is 3. The van der Waals surface area contributed by atoms with Gasteiger partial charge in [0.1, 0.15) is 0 Å². The molecule has 3 heterocycles. The van der Waals surface area contributed by atoms with E-state index >= 15 is 0 Å². The summed E-state index contributed by atoms with van der Waals surface area (Å²) >= 11 is 0. The molecule has 3 aliphatic rings. The van der Waals surface area contributed by atoms with Gasteiger partial charge in [0.05, 0.1) is 4.92 Å². The zero-order valence-corrected chi connectivity index (χ0v) is 14.6. The zero-order valence-electron chi connectivity index (χ0n) is 12.9. The number of nitro groups is 1. The van der Waals surface area contributed by atoms with Crippen LogP contribution in [0.1, 0.15) is 12.8 Å². The van der Waals surface area contributed by atoms with Crippen molar-refractivity contribution in [1.82, 2.24) is 10.2 Å². The summed E-state index contributed by atoms with van der Waals surface area (Å²) in [5.41, 5.74) is 1.06. The Hall–Kier alpha value is -1.08. The number of anilines is 1. The summed E-state index contributed by atoms with van der Waals surface area (Å²) < 4.78 is 0. The van der Waals surface area contributed by atoms with Crippen molar-refractivity contribution in [3.8, 4) is 0 Å². The normalized spacial score (nSPS) is 25.1. The van der Waals surface area contributed by atoms with Gasteiger partial charge in [0.15, 0.2) is 0 Å². The van der Waals surface area contributed by atoms with E-state index in [4.69, 9.17) is 0 Å². The first-order chi connectivity index (χ1) is 10.2. The number of nitro benzene ring substituents is 1. The first-order valence-corrected chi connectivity index (χ1v) is 7.66. The molecule has 6 nitrogen and oxygen atoms in total. The number of nitrogens with zero attached hydrogens (tertiary/aromatic N) is 2. The average Bonchev–Trinajstić information content (AvgIpc) is 2.53. The summed E-state index contributed by atoms with van der Waals surface area (Å²) in [6, 6.07) is 7.21. The van der Waals surface area contributed by atoms with Crippen LogP contribution in [0.15, 0.2) is 24.3 Å². The minimum absolute atomic E-state index is 0. The Balaban J connectivity index is 0.00000132. The SMILES string of the molecule is Cl.Cl.O=[N+]([O-])c1ccc(NCCNC2CN3CCC2CC3)cc1. The Labute approximate surface area is 149 Å². The van der Waals surface area contributed by atoms with Crippen molar-refractivity contribution < 1.29 is 4.92 Å². The minimum Gasteiger partial charge on any atom is -0.384 e. The molecule has 4 rings (SSSR count). The second-order valence-corrected chi connectivity index (χ2v) is 5.93. The maximum absolute atomic E-state index is 10.6. The summed E-state index contributed by atoms with van der Waals surface area (Å²) in [4.78, 5) is 12.7. The molecular weight excluding hydrogens is 339 g/mol. The van der Waals surface area contributed by atoms with E-state index in [-0.39, 0.29) is 35.4 Å². The van der Waals surface area contributed by atoms with Crippen molar-refractivity contribution in [2.45, 2.75) is 18.9 Å². The fourth-order valence-corrected chi connectivity index (χ4v) is 3.36. The number of rotatable bonds is 6. The molecule has 0 spiro atoms. The molecular formula is C15H24Cl2N4O2. The lowest BCUT2D eigenvalue weighted by atomic mass is 9.84. The van der Waals surface area contributed by atoms with Crippen LogP contribution < -0.4 is 10.6 Å². The molecule has 0 amide bonds. The highest BCUT2D eigenvalue weighted by Crippen LogP contribution is 2.27. The fourth-order valence-electron chi connectivity index (χ4n) is 3.36. The number of halogens is 2. The van der Waals surface area contributed by atoms with Gasteiger partial charge in [-0.2, -0.15) is 0 Å². The van der Waals surface area contributed by atoms with E-state index in [2.05, 4.69) is 15.5 Å². The quantitative estimate of drug-likeness (QED) is 0.462. The Morgan fingerprint density at radius 1 is 1.13 bits per heavy atom. The van der Waals surface area contributed by atoms with Crippen molar-refractivity contribution in [3.05, 3.63) is 34.4 Å². The minimum atomic E-state index is -0.376. The molecule has 130 valence electrons. The second-order valence-electron chi connectivity index (χ2n) is 5.93. The lowest BCUT2D eigenvalue weighted by Gasteiger charge is -2.45. The highest BCUT2D eigenvalue weighted by atomic mass is 35.5. The number of hydrogen-bond donors (Lipinski definition) is 2. The van der Waals surface area contributed by atoms with Crippen molar-refractivity contribution in [2.24, 2.45) is 5.92 Å². The lowest BCUT2D eigenvalue weighted by Crippen LogP contribution is -2.56. The number of nitrogens with one attached hydrogen (secondary N) is 2. The maximum atomic E-state index is 10.6. The van der Waals surface area contributed by atoms with E-state index in [1.54, 1.807) is 12.1 Å². The Morgan fingerprint density at radius 2 is 1.78 bits per heavy atom. The molecule has 3 saturated heterocycles. The summed E-state index contributed by atoms with van der Waals surface area (Å²) in [7, 11) is 0. The largest absolute Gasteiger partial charge is 0.384 e. The molecule has 8 heteroatoms. The van der Waals surface area contributed by atoms with Crippen LogP contribution in [0.3, 0.4) is 0 Å². The average molecular weight is 363 g/mol. The van der Waals surface area contributed by atoms with Gasteiger partial charge >= 0.3 is 0 Å². The summed E-state index contributed by atoms with van der Waals surface area (Å²) in [5, 5.41) is 17.5. The Bertz CT molecular complexity index is 493. The number of benzene rings is 1. The molecule has 2 N–H and O–H groups in total. The standard InChI is InChI=1S/C15H22N4O2.2ClH/c20-19(21)14-3-1-13(2-4-14)16-7-8-17-15-11-18-9-5-12(15)6-10-18;;/h1-4,12,15-17H,5-11H2;2*1H. The molecule has 1 aromatic rings. The van der Waals surface area contributed by atoms with Gasteiger partial charge in [0.25, 0.3) is 5.69 Å². The molecule has 0 aromatic heterocycles. The fraction of sp³-hybridized carbons (Fsp3) is 0.600. The van der Waals surface area contributed by atoms with Crippen LogP contribution >= 0.6 is 24.8 Å². The topological polar surface area (TPSA) is 70.4 Å². The van der Waals surface area contributed by atoms with E-state index in [0.717, 1.165) is 24.7 Å².